The lowest BCUT2D eigenvalue weighted by Crippen LogP contribution is -2.40. The van der Waals surface area contributed by atoms with E-state index in [0.717, 1.165) is 36.8 Å². The minimum Gasteiger partial charge on any atom is -0.490 e. The Morgan fingerprint density at radius 2 is 1.65 bits per heavy atom. The standard InChI is InChI=1S/C30H28F4N2O4/c31-24-11-10-23(30(32,33)34)17-25(24)35-29(39)36-13-14-40-27-16-22(9-12-26(27)36)21-7-5-20(6-8-21)19-3-1-18(2-4-19)15-28(37)38/h5-12,16-19H,1-4,13-15H2,(H,35,39)(H,37,38)/t18-,19-. The number of anilines is 2. The second-order valence-electron chi connectivity index (χ2n) is 10.2. The summed E-state index contributed by atoms with van der Waals surface area (Å²) < 4.78 is 59.1. The third kappa shape index (κ3) is 6.05. The predicted octanol–water partition coefficient (Wildman–Crippen LogP) is 7.69. The van der Waals surface area contributed by atoms with Crippen LogP contribution in [0.5, 0.6) is 5.75 Å². The average Bonchev–Trinajstić information content (AvgIpc) is 2.93. The first-order valence-corrected chi connectivity index (χ1v) is 13.1. The van der Waals surface area contributed by atoms with E-state index in [4.69, 9.17) is 9.84 Å². The quantitative estimate of drug-likeness (QED) is 0.316. The molecule has 1 aliphatic carbocycles. The molecule has 0 atom stereocenters. The summed E-state index contributed by atoms with van der Waals surface area (Å²) >= 11 is 0. The van der Waals surface area contributed by atoms with Gasteiger partial charge in [-0.05, 0) is 84.5 Å². The number of ether oxygens (including phenoxy) is 1. The summed E-state index contributed by atoms with van der Waals surface area (Å²) in [6, 6.07) is 14.6. The van der Waals surface area contributed by atoms with Gasteiger partial charge < -0.3 is 15.2 Å². The third-order valence-corrected chi connectivity index (χ3v) is 7.63. The second kappa shape index (κ2) is 11.2. The molecule has 0 saturated heterocycles. The van der Waals surface area contributed by atoms with Crippen LogP contribution in [-0.2, 0) is 11.0 Å². The number of rotatable bonds is 5. The van der Waals surface area contributed by atoms with E-state index >= 15 is 0 Å². The molecule has 0 spiro atoms. The van der Waals surface area contributed by atoms with E-state index in [1.807, 2.05) is 18.2 Å². The highest BCUT2D eigenvalue weighted by molar-refractivity contribution is 6.03. The van der Waals surface area contributed by atoms with Crippen LogP contribution in [-0.4, -0.2) is 30.3 Å². The van der Waals surface area contributed by atoms with Gasteiger partial charge in [-0.3, -0.25) is 9.69 Å². The number of aliphatic carboxylic acids is 1. The number of carboxylic acid groups (broad SMARTS) is 1. The topological polar surface area (TPSA) is 78.9 Å². The molecule has 1 heterocycles. The number of halogens is 4. The Balaban J connectivity index is 1.28. The number of carbonyl (C=O) groups is 2. The number of carboxylic acids is 1. The first-order valence-electron chi connectivity index (χ1n) is 13.1. The van der Waals surface area contributed by atoms with Gasteiger partial charge >= 0.3 is 18.2 Å². The maximum atomic E-state index is 14.2. The van der Waals surface area contributed by atoms with Crippen LogP contribution in [0.4, 0.5) is 33.7 Å². The smallest absolute Gasteiger partial charge is 0.416 e. The van der Waals surface area contributed by atoms with Gasteiger partial charge in [0.1, 0.15) is 18.2 Å². The summed E-state index contributed by atoms with van der Waals surface area (Å²) in [5, 5.41) is 11.3. The fourth-order valence-electron chi connectivity index (χ4n) is 5.49. The highest BCUT2D eigenvalue weighted by Crippen LogP contribution is 2.39. The number of benzene rings is 3. The molecule has 0 unspecified atom stereocenters. The summed E-state index contributed by atoms with van der Waals surface area (Å²) in [6.07, 6.45) is -0.697. The molecular weight excluding hydrogens is 528 g/mol. The Bertz CT molecular complexity index is 1400. The Morgan fingerprint density at radius 1 is 0.950 bits per heavy atom. The molecule has 2 aliphatic rings. The Kier molecular flexibility index (Phi) is 7.69. The van der Waals surface area contributed by atoms with E-state index in [1.54, 1.807) is 12.1 Å². The van der Waals surface area contributed by atoms with Crippen molar-refractivity contribution in [2.75, 3.05) is 23.4 Å². The van der Waals surface area contributed by atoms with Gasteiger partial charge in [-0.15, -0.1) is 0 Å². The van der Waals surface area contributed by atoms with Crippen molar-refractivity contribution in [1.82, 2.24) is 0 Å². The van der Waals surface area contributed by atoms with E-state index in [-0.39, 0.29) is 25.5 Å². The van der Waals surface area contributed by atoms with Crippen LogP contribution in [0.2, 0.25) is 0 Å². The van der Waals surface area contributed by atoms with Crippen molar-refractivity contribution in [3.63, 3.8) is 0 Å². The lowest BCUT2D eigenvalue weighted by Gasteiger charge is -2.30. The van der Waals surface area contributed by atoms with Crippen molar-refractivity contribution in [2.24, 2.45) is 5.92 Å². The maximum absolute atomic E-state index is 14.2. The van der Waals surface area contributed by atoms with Crippen LogP contribution in [0.15, 0.2) is 60.7 Å². The zero-order chi connectivity index (χ0) is 28.4. The van der Waals surface area contributed by atoms with E-state index < -0.39 is 35.2 Å². The zero-order valence-electron chi connectivity index (χ0n) is 21.5. The number of amides is 2. The van der Waals surface area contributed by atoms with Crippen molar-refractivity contribution in [1.29, 1.82) is 0 Å². The Labute approximate surface area is 228 Å². The average molecular weight is 557 g/mol. The van der Waals surface area contributed by atoms with Crippen molar-refractivity contribution >= 4 is 23.4 Å². The van der Waals surface area contributed by atoms with Gasteiger partial charge in [-0.1, -0.05) is 30.3 Å². The van der Waals surface area contributed by atoms with Crippen molar-refractivity contribution in [3.8, 4) is 16.9 Å². The van der Waals surface area contributed by atoms with Gasteiger partial charge in [0.25, 0.3) is 0 Å². The molecule has 0 radical (unpaired) electrons. The lowest BCUT2D eigenvalue weighted by atomic mass is 9.77. The number of alkyl halides is 3. The van der Waals surface area contributed by atoms with Crippen molar-refractivity contribution in [3.05, 3.63) is 77.6 Å². The van der Waals surface area contributed by atoms with Crippen LogP contribution in [0.1, 0.15) is 49.1 Å². The van der Waals surface area contributed by atoms with Gasteiger partial charge in [-0.25, -0.2) is 9.18 Å². The summed E-state index contributed by atoms with van der Waals surface area (Å²) in [6.45, 7) is 0.306. The molecular formula is C30H28F4N2O4. The largest absolute Gasteiger partial charge is 0.490 e. The highest BCUT2D eigenvalue weighted by atomic mass is 19.4. The molecule has 2 amide bonds. The van der Waals surface area contributed by atoms with Crippen LogP contribution in [0, 0.1) is 11.7 Å². The lowest BCUT2D eigenvalue weighted by molar-refractivity contribution is -0.139. The summed E-state index contributed by atoms with van der Waals surface area (Å²) in [5.41, 5.74) is 1.84. The zero-order valence-corrected chi connectivity index (χ0v) is 21.5. The fraction of sp³-hybridized carbons (Fsp3) is 0.333. The minimum atomic E-state index is -4.67. The monoisotopic (exact) mass is 556 g/mol. The summed E-state index contributed by atoms with van der Waals surface area (Å²) in [4.78, 5) is 25.2. The number of carbonyl (C=O) groups excluding carboxylic acids is 1. The van der Waals surface area contributed by atoms with Crippen LogP contribution in [0.3, 0.4) is 0 Å². The summed E-state index contributed by atoms with van der Waals surface area (Å²) in [5.74, 6) is -0.629. The van der Waals surface area contributed by atoms with Crippen molar-refractivity contribution in [2.45, 2.75) is 44.2 Å². The summed E-state index contributed by atoms with van der Waals surface area (Å²) in [7, 11) is 0. The third-order valence-electron chi connectivity index (χ3n) is 7.63. The van der Waals surface area contributed by atoms with Crippen LogP contribution < -0.4 is 15.0 Å². The molecule has 6 nitrogen and oxygen atoms in total. The number of hydrogen-bond acceptors (Lipinski definition) is 3. The predicted molar refractivity (Wildman–Crippen MR) is 142 cm³/mol. The molecule has 10 heteroatoms. The first-order chi connectivity index (χ1) is 19.1. The van der Waals surface area contributed by atoms with E-state index in [2.05, 4.69) is 17.4 Å². The molecule has 0 aromatic heterocycles. The molecule has 1 fully saturated rings. The second-order valence-corrected chi connectivity index (χ2v) is 10.2. The van der Waals surface area contributed by atoms with Crippen LogP contribution >= 0.6 is 0 Å². The minimum absolute atomic E-state index is 0.141. The molecule has 5 rings (SSSR count). The van der Waals surface area contributed by atoms with E-state index in [0.29, 0.717) is 35.6 Å². The number of urea groups is 1. The molecule has 3 aromatic carbocycles. The maximum Gasteiger partial charge on any atom is 0.416 e. The normalized spacial score (nSPS) is 18.9. The highest BCUT2D eigenvalue weighted by Gasteiger charge is 2.32. The van der Waals surface area contributed by atoms with E-state index in [1.165, 1.54) is 10.5 Å². The number of nitrogens with one attached hydrogen (secondary N) is 1. The molecule has 3 aromatic rings. The number of fused-ring (bicyclic) bond motifs is 1. The van der Waals surface area contributed by atoms with E-state index in [9.17, 15) is 27.2 Å². The fourth-order valence-corrected chi connectivity index (χ4v) is 5.49. The van der Waals surface area contributed by atoms with Gasteiger partial charge in [0.05, 0.1) is 23.5 Å². The molecule has 2 N–H and O–H groups in total. The molecule has 0 bridgehead atoms. The molecule has 1 aliphatic heterocycles. The molecule has 40 heavy (non-hydrogen) atoms. The first kappa shape index (κ1) is 27.5. The van der Waals surface area contributed by atoms with Gasteiger partial charge in [0, 0.05) is 6.42 Å². The van der Waals surface area contributed by atoms with Gasteiger partial charge in [0.15, 0.2) is 0 Å². The van der Waals surface area contributed by atoms with Crippen LogP contribution in [0.25, 0.3) is 11.1 Å². The Hall–Kier alpha value is -4.08. The van der Waals surface area contributed by atoms with Gasteiger partial charge in [-0.2, -0.15) is 13.2 Å². The SMILES string of the molecule is O=C(O)C[C@H]1CC[C@H](c2ccc(-c3ccc4c(c3)OCCN4C(=O)Nc3cc(C(F)(F)F)ccc3F)cc2)CC1. The van der Waals surface area contributed by atoms with Gasteiger partial charge in [0.2, 0.25) is 0 Å². The number of nitrogens with zero attached hydrogens (tertiary/aromatic N) is 1. The molecule has 1 saturated carbocycles. The molecule has 210 valence electrons. The number of hydrogen-bond donors (Lipinski definition) is 2. The van der Waals surface area contributed by atoms with Crippen molar-refractivity contribution < 1.29 is 37.0 Å². The Morgan fingerprint density at radius 3 is 2.33 bits per heavy atom.